The molecule has 0 radical (unpaired) electrons. The zero-order valence-electron chi connectivity index (χ0n) is 11.5. The van der Waals surface area contributed by atoms with Gasteiger partial charge in [0.05, 0.1) is 11.9 Å². The van der Waals surface area contributed by atoms with Crippen LogP contribution >= 0.6 is 11.6 Å². The Labute approximate surface area is 118 Å². The highest BCUT2D eigenvalue weighted by atomic mass is 35.5. The number of nitrogens with zero attached hydrogens (tertiary/aromatic N) is 1. The number of hydrogen-bond donors (Lipinski definition) is 2. The fourth-order valence-corrected chi connectivity index (χ4v) is 1.42. The minimum atomic E-state index is -0.461. The third-order valence-corrected chi connectivity index (χ3v) is 2.30. The van der Waals surface area contributed by atoms with Crippen LogP contribution in [-0.4, -0.2) is 29.8 Å². The normalized spacial score (nSPS) is 10.9. The van der Waals surface area contributed by atoms with E-state index < -0.39 is 5.60 Å². The van der Waals surface area contributed by atoms with Gasteiger partial charge in [-0.2, -0.15) is 0 Å². The lowest BCUT2D eigenvalue weighted by atomic mass is 10.2. The van der Waals surface area contributed by atoms with E-state index >= 15 is 0 Å². The van der Waals surface area contributed by atoms with Crippen LogP contribution in [0.25, 0.3) is 0 Å². The summed E-state index contributed by atoms with van der Waals surface area (Å²) in [7, 11) is 0. The molecule has 0 saturated heterocycles. The summed E-state index contributed by atoms with van der Waals surface area (Å²) in [6, 6.07) is 3.58. The van der Waals surface area contributed by atoms with E-state index in [1.54, 1.807) is 12.3 Å². The van der Waals surface area contributed by atoms with E-state index in [-0.39, 0.29) is 6.09 Å². The minimum absolute atomic E-state index is 0.388. The molecule has 0 unspecified atom stereocenters. The molecule has 0 bridgehead atoms. The molecule has 2 N–H and O–H groups in total. The summed E-state index contributed by atoms with van der Waals surface area (Å²) in [5.41, 5.74) is 0.443. The van der Waals surface area contributed by atoms with Gasteiger partial charge in [-0.3, -0.25) is 0 Å². The zero-order valence-corrected chi connectivity index (χ0v) is 12.3. The fraction of sp³-hybridized carbons (Fsp3) is 0.538. The molecule has 0 saturated carbocycles. The molecule has 5 nitrogen and oxygen atoms in total. The van der Waals surface area contributed by atoms with Gasteiger partial charge in [-0.05, 0) is 39.3 Å². The van der Waals surface area contributed by atoms with Gasteiger partial charge in [-0.25, -0.2) is 9.78 Å². The first-order valence-electron chi connectivity index (χ1n) is 6.19. The molecular formula is C13H20ClN3O2. The molecule has 1 aromatic rings. The van der Waals surface area contributed by atoms with Crippen molar-refractivity contribution in [2.75, 3.05) is 18.4 Å². The number of amides is 1. The lowest BCUT2D eigenvalue weighted by Crippen LogP contribution is -2.33. The van der Waals surface area contributed by atoms with Crippen molar-refractivity contribution in [3.05, 3.63) is 23.5 Å². The van der Waals surface area contributed by atoms with E-state index in [1.165, 1.54) is 0 Å². The quantitative estimate of drug-likeness (QED) is 0.645. The molecule has 1 rings (SSSR count). The molecular weight excluding hydrogens is 266 g/mol. The van der Waals surface area contributed by atoms with Crippen LogP contribution < -0.4 is 10.6 Å². The fourth-order valence-electron chi connectivity index (χ4n) is 1.31. The first-order valence-corrected chi connectivity index (χ1v) is 6.57. The number of halogens is 1. The Bertz CT molecular complexity index is 401. The molecule has 0 atom stereocenters. The molecule has 1 amide bonds. The standard InChI is InChI=1S/C13H20ClN3O2/c1-13(2,3)19-12(18)16-8-4-7-15-10-5-6-11(14)17-9-10/h5-6,9,15H,4,7-8H2,1-3H3,(H,16,18). The molecule has 0 aliphatic heterocycles. The summed E-state index contributed by atoms with van der Waals surface area (Å²) in [6.45, 7) is 6.80. The van der Waals surface area contributed by atoms with Gasteiger partial charge in [0.1, 0.15) is 10.8 Å². The first-order chi connectivity index (χ1) is 8.87. The summed E-state index contributed by atoms with van der Waals surface area (Å²) in [4.78, 5) is 15.3. The Morgan fingerprint density at radius 3 is 2.68 bits per heavy atom. The van der Waals surface area contributed by atoms with Gasteiger partial charge in [0.25, 0.3) is 0 Å². The maximum atomic E-state index is 11.4. The number of nitrogens with one attached hydrogen (secondary N) is 2. The third-order valence-electron chi connectivity index (χ3n) is 2.08. The summed E-state index contributed by atoms with van der Waals surface area (Å²) in [5.74, 6) is 0. The van der Waals surface area contributed by atoms with Gasteiger partial charge in [-0.15, -0.1) is 0 Å². The van der Waals surface area contributed by atoms with Gasteiger partial charge in [0, 0.05) is 13.1 Å². The molecule has 0 fully saturated rings. The number of alkyl carbamates (subject to hydrolysis) is 1. The minimum Gasteiger partial charge on any atom is -0.444 e. The van der Waals surface area contributed by atoms with Crippen molar-refractivity contribution < 1.29 is 9.53 Å². The van der Waals surface area contributed by atoms with Crippen molar-refractivity contribution in [3.8, 4) is 0 Å². The number of ether oxygens (including phenoxy) is 1. The number of hydrogen-bond acceptors (Lipinski definition) is 4. The molecule has 0 aromatic carbocycles. The highest BCUT2D eigenvalue weighted by Crippen LogP contribution is 2.09. The Hall–Kier alpha value is -1.49. The lowest BCUT2D eigenvalue weighted by molar-refractivity contribution is 0.0528. The zero-order chi connectivity index (χ0) is 14.3. The van der Waals surface area contributed by atoms with E-state index in [9.17, 15) is 4.79 Å². The molecule has 6 heteroatoms. The van der Waals surface area contributed by atoms with Crippen molar-refractivity contribution in [2.45, 2.75) is 32.8 Å². The Morgan fingerprint density at radius 1 is 1.37 bits per heavy atom. The maximum Gasteiger partial charge on any atom is 0.407 e. The predicted octanol–water partition coefficient (Wildman–Crippen LogP) is 3.06. The second-order valence-corrected chi connectivity index (χ2v) is 5.47. The highest BCUT2D eigenvalue weighted by Gasteiger charge is 2.15. The van der Waals surface area contributed by atoms with Gasteiger partial charge in [0.15, 0.2) is 0 Å². The summed E-state index contributed by atoms with van der Waals surface area (Å²) in [6.07, 6.45) is 2.08. The second kappa shape index (κ2) is 7.19. The second-order valence-electron chi connectivity index (χ2n) is 5.08. The number of rotatable bonds is 5. The maximum absolute atomic E-state index is 11.4. The Balaban J connectivity index is 2.11. The van der Waals surface area contributed by atoms with Crippen LogP contribution in [0.15, 0.2) is 18.3 Å². The van der Waals surface area contributed by atoms with Crippen molar-refractivity contribution in [1.82, 2.24) is 10.3 Å². The van der Waals surface area contributed by atoms with E-state index in [0.717, 1.165) is 18.7 Å². The molecule has 106 valence electrons. The summed E-state index contributed by atoms with van der Waals surface area (Å²) < 4.78 is 5.12. The van der Waals surface area contributed by atoms with E-state index in [2.05, 4.69) is 15.6 Å². The van der Waals surface area contributed by atoms with Crippen LogP contribution in [0.3, 0.4) is 0 Å². The summed E-state index contributed by atoms with van der Waals surface area (Å²) in [5, 5.41) is 6.35. The van der Waals surface area contributed by atoms with Gasteiger partial charge in [0.2, 0.25) is 0 Å². The largest absolute Gasteiger partial charge is 0.444 e. The van der Waals surface area contributed by atoms with Gasteiger partial charge >= 0.3 is 6.09 Å². The van der Waals surface area contributed by atoms with Crippen LogP contribution in [0, 0.1) is 0 Å². The smallest absolute Gasteiger partial charge is 0.407 e. The van der Waals surface area contributed by atoms with Crippen LogP contribution in [0.1, 0.15) is 27.2 Å². The monoisotopic (exact) mass is 285 g/mol. The van der Waals surface area contributed by atoms with Crippen LogP contribution in [-0.2, 0) is 4.74 Å². The highest BCUT2D eigenvalue weighted by molar-refractivity contribution is 6.29. The SMILES string of the molecule is CC(C)(C)OC(=O)NCCCNc1ccc(Cl)nc1. The summed E-state index contributed by atoms with van der Waals surface area (Å²) >= 11 is 5.68. The molecule has 19 heavy (non-hydrogen) atoms. The Kier molecular flexibility index (Phi) is 5.89. The number of carbonyl (C=O) groups excluding carboxylic acids is 1. The van der Waals surface area contributed by atoms with Crippen LogP contribution in [0.4, 0.5) is 10.5 Å². The molecule has 0 spiro atoms. The van der Waals surface area contributed by atoms with E-state index in [0.29, 0.717) is 11.7 Å². The van der Waals surface area contributed by atoms with E-state index in [1.807, 2.05) is 26.8 Å². The van der Waals surface area contributed by atoms with Crippen molar-refractivity contribution in [2.24, 2.45) is 0 Å². The average molecular weight is 286 g/mol. The average Bonchev–Trinajstić information content (AvgIpc) is 2.29. The van der Waals surface area contributed by atoms with Gasteiger partial charge in [-0.1, -0.05) is 11.6 Å². The predicted molar refractivity (Wildman–Crippen MR) is 76.6 cm³/mol. The van der Waals surface area contributed by atoms with Gasteiger partial charge < -0.3 is 15.4 Å². The number of anilines is 1. The topological polar surface area (TPSA) is 63.2 Å². The van der Waals surface area contributed by atoms with Crippen molar-refractivity contribution in [3.63, 3.8) is 0 Å². The first kappa shape index (κ1) is 15.6. The molecule has 1 aromatic heterocycles. The number of pyridine rings is 1. The number of aromatic nitrogens is 1. The molecule has 1 heterocycles. The lowest BCUT2D eigenvalue weighted by Gasteiger charge is -2.19. The molecule has 0 aliphatic rings. The molecule has 0 aliphatic carbocycles. The Morgan fingerprint density at radius 2 is 2.11 bits per heavy atom. The third kappa shape index (κ3) is 7.51. The number of carbonyl (C=O) groups is 1. The van der Waals surface area contributed by atoms with Crippen LogP contribution in [0.2, 0.25) is 5.15 Å². The van der Waals surface area contributed by atoms with Crippen molar-refractivity contribution in [1.29, 1.82) is 0 Å². The van der Waals surface area contributed by atoms with Crippen LogP contribution in [0.5, 0.6) is 0 Å². The van der Waals surface area contributed by atoms with Crippen molar-refractivity contribution >= 4 is 23.4 Å². The van der Waals surface area contributed by atoms with E-state index in [4.69, 9.17) is 16.3 Å².